The highest BCUT2D eigenvalue weighted by Crippen LogP contribution is 2.25. The molecule has 0 saturated carbocycles. The Morgan fingerprint density at radius 1 is 1.19 bits per heavy atom. The standard InChI is InChI=1S/C24H25N5OS/c1-17(30)20-8-7-19-9-11-29(16-22(19)14-20)10-4-12-31-24-27-26-23(28(24)2)21-6-3-5-18(13-21)15-25/h3,5-8,13-14H,4,9-12,16H2,1-2H3. The van der Waals surface area contributed by atoms with Crippen LogP contribution in [0.2, 0.25) is 0 Å². The van der Waals surface area contributed by atoms with Gasteiger partial charge in [-0.3, -0.25) is 9.69 Å². The van der Waals surface area contributed by atoms with Crippen LogP contribution in [0.1, 0.15) is 40.4 Å². The zero-order valence-corrected chi connectivity index (χ0v) is 18.7. The Morgan fingerprint density at radius 2 is 2.06 bits per heavy atom. The Morgan fingerprint density at radius 3 is 2.87 bits per heavy atom. The molecule has 0 radical (unpaired) electrons. The molecular formula is C24H25N5OS. The van der Waals surface area contributed by atoms with E-state index < -0.39 is 0 Å². The first-order valence-electron chi connectivity index (χ1n) is 10.4. The van der Waals surface area contributed by atoms with E-state index in [4.69, 9.17) is 5.26 Å². The van der Waals surface area contributed by atoms with Crippen LogP contribution in [0.4, 0.5) is 0 Å². The van der Waals surface area contributed by atoms with Crippen LogP contribution in [0.25, 0.3) is 11.4 Å². The minimum atomic E-state index is 0.124. The summed E-state index contributed by atoms with van der Waals surface area (Å²) in [6.45, 7) is 4.61. The normalized spacial score (nSPS) is 13.6. The van der Waals surface area contributed by atoms with E-state index in [9.17, 15) is 4.79 Å². The zero-order chi connectivity index (χ0) is 21.8. The molecule has 2 heterocycles. The topological polar surface area (TPSA) is 74.8 Å². The van der Waals surface area contributed by atoms with E-state index in [0.717, 1.165) is 60.3 Å². The Balaban J connectivity index is 1.31. The predicted octanol–water partition coefficient (Wildman–Crippen LogP) is 4.10. The lowest BCUT2D eigenvalue weighted by molar-refractivity contribution is 0.101. The highest BCUT2D eigenvalue weighted by Gasteiger charge is 2.17. The Bertz CT molecular complexity index is 1150. The van der Waals surface area contributed by atoms with Crippen molar-refractivity contribution in [3.63, 3.8) is 0 Å². The van der Waals surface area contributed by atoms with Crippen LogP contribution < -0.4 is 0 Å². The molecule has 0 spiro atoms. The number of hydrogen-bond donors (Lipinski definition) is 0. The van der Waals surface area contributed by atoms with Crippen LogP contribution in [-0.4, -0.2) is 44.3 Å². The van der Waals surface area contributed by atoms with Crippen LogP contribution >= 0.6 is 11.8 Å². The van der Waals surface area contributed by atoms with Gasteiger partial charge in [0.15, 0.2) is 16.8 Å². The molecule has 1 aliphatic rings. The zero-order valence-electron chi connectivity index (χ0n) is 17.8. The first-order chi connectivity index (χ1) is 15.0. The van der Waals surface area contributed by atoms with Crippen LogP contribution in [-0.2, 0) is 20.0 Å². The molecule has 0 aliphatic carbocycles. The summed E-state index contributed by atoms with van der Waals surface area (Å²) < 4.78 is 1.99. The highest BCUT2D eigenvalue weighted by molar-refractivity contribution is 7.99. The minimum Gasteiger partial charge on any atom is -0.305 e. The van der Waals surface area contributed by atoms with Crippen molar-refractivity contribution in [1.82, 2.24) is 19.7 Å². The van der Waals surface area contributed by atoms with E-state index >= 15 is 0 Å². The molecule has 2 aromatic carbocycles. The van der Waals surface area contributed by atoms with Crippen molar-refractivity contribution < 1.29 is 4.79 Å². The first-order valence-corrected chi connectivity index (χ1v) is 11.4. The molecule has 0 atom stereocenters. The van der Waals surface area contributed by atoms with Crippen molar-refractivity contribution in [3.05, 3.63) is 64.7 Å². The molecule has 158 valence electrons. The summed E-state index contributed by atoms with van der Waals surface area (Å²) in [6, 6.07) is 15.7. The summed E-state index contributed by atoms with van der Waals surface area (Å²) in [6.07, 6.45) is 2.09. The van der Waals surface area contributed by atoms with Gasteiger partial charge in [0, 0.05) is 37.0 Å². The van der Waals surface area contributed by atoms with Gasteiger partial charge in [-0.1, -0.05) is 36.0 Å². The van der Waals surface area contributed by atoms with Crippen molar-refractivity contribution >= 4 is 17.5 Å². The van der Waals surface area contributed by atoms with Gasteiger partial charge in [0.2, 0.25) is 0 Å². The minimum absolute atomic E-state index is 0.124. The molecule has 31 heavy (non-hydrogen) atoms. The van der Waals surface area contributed by atoms with Crippen LogP contribution in [0.5, 0.6) is 0 Å². The molecule has 0 fully saturated rings. The van der Waals surface area contributed by atoms with Crippen LogP contribution in [0.3, 0.4) is 0 Å². The lowest BCUT2D eigenvalue weighted by atomic mass is 9.96. The second-order valence-electron chi connectivity index (χ2n) is 7.83. The van der Waals surface area contributed by atoms with Crippen molar-refractivity contribution in [2.24, 2.45) is 7.05 Å². The molecular weight excluding hydrogens is 406 g/mol. The molecule has 0 amide bonds. The number of carbonyl (C=O) groups excluding carboxylic acids is 1. The summed E-state index contributed by atoms with van der Waals surface area (Å²) in [5.41, 5.74) is 4.97. The molecule has 1 aliphatic heterocycles. The number of ketones is 1. The number of benzene rings is 2. The van der Waals surface area contributed by atoms with Crippen LogP contribution in [0.15, 0.2) is 47.6 Å². The Hall–Kier alpha value is -2.95. The quantitative estimate of drug-likeness (QED) is 0.319. The maximum Gasteiger partial charge on any atom is 0.191 e. The van der Waals surface area contributed by atoms with Crippen molar-refractivity contribution in [1.29, 1.82) is 5.26 Å². The summed E-state index contributed by atoms with van der Waals surface area (Å²) in [5.74, 6) is 1.85. The maximum atomic E-state index is 11.7. The van der Waals surface area contributed by atoms with Gasteiger partial charge < -0.3 is 4.57 Å². The number of Topliss-reactive ketones (excluding diaryl/α,β-unsaturated/α-hetero) is 1. The second kappa shape index (κ2) is 9.46. The van der Waals surface area contributed by atoms with Gasteiger partial charge in [-0.2, -0.15) is 5.26 Å². The Kier molecular flexibility index (Phi) is 6.50. The fourth-order valence-electron chi connectivity index (χ4n) is 3.90. The smallest absolute Gasteiger partial charge is 0.191 e. The largest absolute Gasteiger partial charge is 0.305 e. The van der Waals surface area contributed by atoms with Gasteiger partial charge in [0.1, 0.15) is 0 Å². The Labute approximate surface area is 186 Å². The molecule has 0 unspecified atom stereocenters. The number of nitriles is 1. The number of carbonyl (C=O) groups is 1. The van der Waals surface area contributed by atoms with E-state index in [1.165, 1.54) is 11.1 Å². The predicted molar refractivity (Wildman–Crippen MR) is 122 cm³/mol. The van der Waals surface area contributed by atoms with Gasteiger partial charge in [-0.05, 0) is 55.6 Å². The second-order valence-corrected chi connectivity index (χ2v) is 8.89. The van der Waals surface area contributed by atoms with Gasteiger partial charge in [-0.25, -0.2) is 0 Å². The maximum absolute atomic E-state index is 11.7. The van der Waals surface area contributed by atoms with E-state index in [1.807, 2.05) is 35.9 Å². The number of hydrogen-bond acceptors (Lipinski definition) is 6. The third-order valence-corrected chi connectivity index (χ3v) is 6.75. The van der Waals surface area contributed by atoms with Crippen LogP contribution in [0, 0.1) is 11.3 Å². The summed E-state index contributed by atoms with van der Waals surface area (Å²) >= 11 is 1.71. The van der Waals surface area contributed by atoms with E-state index in [1.54, 1.807) is 24.8 Å². The first kappa shape index (κ1) is 21.3. The molecule has 4 rings (SSSR count). The number of aromatic nitrogens is 3. The third kappa shape index (κ3) is 4.87. The average Bonchev–Trinajstić information content (AvgIpc) is 3.16. The fraction of sp³-hybridized carbons (Fsp3) is 0.333. The van der Waals surface area contributed by atoms with Crippen molar-refractivity contribution in [2.45, 2.75) is 31.5 Å². The van der Waals surface area contributed by atoms with Gasteiger partial charge in [0.25, 0.3) is 0 Å². The van der Waals surface area contributed by atoms with Gasteiger partial charge >= 0.3 is 0 Å². The van der Waals surface area contributed by atoms with E-state index in [-0.39, 0.29) is 5.78 Å². The molecule has 1 aromatic heterocycles. The number of fused-ring (bicyclic) bond motifs is 1. The van der Waals surface area contributed by atoms with Crippen molar-refractivity contribution in [2.75, 3.05) is 18.8 Å². The highest BCUT2D eigenvalue weighted by atomic mass is 32.2. The fourth-order valence-corrected chi connectivity index (χ4v) is 4.73. The monoisotopic (exact) mass is 431 g/mol. The molecule has 3 aromatic rings. The van der Waals surface area contributed by atoms with E-state index in [0.29, 0.717) is 5.56 Å². The summed E-state index contributed by atoms with van der Waals surface area (Å²) in [5, 5.41) is 18.6. The molecule has 0 saturated heterocycles. The lowest BCUT2D eigenvalue weighted by Gasteiger charge is -2.29. The number of rotatable bonds is 7. The molecule has 6 nitrogen and oxygen atoms in total. The summed E-state index contributed by atoms with van der Waals surface area (Å²) in [7, 11) is 1.96. The van der Waals surface area contributed by atoms with Crippen molar-refractivity contribution in [3.8, 4) is 17.5 Å². The average molecular weight is 432 g/mol. The number of nitrogens with zero attached hydrogens (tertiary/aromatic N) is 5. The summed E-state index contributed by atoms with van der Waals surface area (Å²) in [4.78, 5) is 14.1. The SMILES string of the molecule is CC(=O)c1ccc2c(c1)CN(CCCSc1nnc(-c3cccc(C#N)c3)n1C)CC2. The van der Waals surface area contributed by atoms with E-state index in [2.05, 4.69) is 33.3 Å². The van der Waals surface area contributed by atoms with Gasteiger partial charge in [0.05, 0.1) is 11.6 Å². The lowest BCUT2D eigenvalue weighted by Crippen LogP contribution is -2.31. The molecule has 0 bridgehead atoms. The molecule has 7 heteroatoms. The molecule has 0 N–H and O–H groups in total. The number of thioether (sulfide) groups is 1. The third-order valence-electron chi connectivity index (χ3n) is 5.64. The van der Waals surface area contributed by atoms with Gasteiger partial charge in [-0.15, -0.1) is 10.2 Å².